The lowest BCUT2D eigenvalue weighted by molar-refractivity contribution is -0.126. The smallest absolute Gasteiger partial charge is 0.252 e. The lowest BCUT2D eigenvalue weighted by atomic mass is 10.2. The Kier molecular flexibility index (Phi) is 4.25. The molecule has 0 atom stereocenters. The molecule has 0 aliphatic rings. The zero-order chi connectivity index (χ0) is 13.0. The molecule has 0 fully saturated rings. The lowest BCUT2D eigenvalue weighted by Crippen LogP contribution is -2.29. The third kappa shape index (κ3) is 3.90. The highest BCUT2D eigenvalue weighted by atomic mass is 16.2. The number of nitrogens with one attached hydrogen (secondary N) is 2. The minimum Gasteiger partial charge on any atom is -0.361 e. The average Bonchev–Trinajstić information content (AvgIpc) is 2.24. The number of carbonyl (C=O) groups is 1. The van der Waals surface area contributed by atoms with Gasteiger partial charge in [-0.3, -0.25) is 9.59 Å². The SMILES string of the molecule is CC(C)c1nc(NCC(=O)N(C)C)cc(=O)[nH]1. The maximum Gasteiger partial charge on any atom is 0.252 e. The van der Waals surface area contributed by atoms with Gasteiger partial charge in [0.1, 0.15) is 11.6 Å². The highest BCUT2D eigenvalue weighted by molar-refractivity contribution is 5.79. The molecule has 1 aromatic heterocycles. The van der Waals surface area contributed by atoms with E-state index in [1.54, 1.807) is 14.1 Å². The Morgan fingerprint density at radius 1 is 1.53 bits per heavy atom. The number of hydrogen-bond acceptors (Lipinski definition) is 4. The average molecular weight is 238 g/mol. The van der Waals surface area contributed by atoms with Gasteiger partial charge in [0, 0.05) is 26.1 Å². The summed E-state index contributed by atoms with van der Waals surface area (Å²) in [6, 6.07) is 1.34. The Hall–Kier alpha value is -1.85. The number of anilines is 1. The van der Waals surface area contributed by atoms with Gasteiger partial charge in [-0.25, -0.2) is 4.98 Å². The highest BCUT2D eigenvalue weighted by Crippen LogP contribution is 2.08. The van der Waals surface area contributed by atoms with Crippen LogP contribution in [0, 0.1) is 0 Å². The summed E-state index contributed by atoms with van der Waals surface area (Å²) in [5.74, 6) is 1.09. The molecule has 0 saturated heterocycles. The van der Waals surface area contributed by atoms with Gasteiger partial charge in [0.25, 0.3) is 5.56 Å². The van der Waals surface area contributed by atoms with Gasteiger partial charge in [0.05, 0.1) is 6.54 Å². The third-order valence-electron chi connectivity index (χ3n) is 2.23. The summed E-state index contributed by atoms with van der Waals surface area (Å²) in [7, 11) is 3.35. The van der Waals surface area contributed by atoms with Gasteiger partial charge in [0.2, 0.25) is 5.91 Å². The molecule has 6 heteroatoms. The molecule has 0 aliphatic heterocycles. The second-order valence-corrected chi connectivity index (χ2v) is 4.31. The van der Waals surface area contributed by atoms with E-state index >= 15 is 0 Å². The predicted octanol–water partition coefficient (Wildman–Crippen LogP) is 0.393. The molecule has 2 N–H and O–H groups in total. The number of carbonyl (C=O) groups excluding carboxylic acids is 1. The van der Waals surface area contributed by atoms with Crippen LogP contribution in [0.3, 0.4) is 0 Å². The topological polar surface area (TPSA) is 78.1 Å². The van der Waals surface area contributed by atoms with Crippen LogP contribution >= 0.6 is 0 Å². The first-order chi connectivity index (χ1) is 7.90. The summed E-state index contributed by atoms with van der Waals surface area (Å²) in [6.45, 7) is 4.00. The standard InChI is InChI=1S/C11H18N4O2/c1-7(2)11-13-8(5-9(16)14-11)12-6-10(17)15(3)4/h5,7H,6H2,1-4H3,(H2,12,13,14,16). The lowest BCUT2D eigenvalue weighted by Gasteiger charge is -2.12. The van der Waals surface area contributed by atoms with Gasteiger partial charge >= 0.3 is 0 Å². The maximum atomic E-state index is 11.4. The summed E-state index contributed by atoms with van der Waals surface area (Å²) in [5.41, 5.74) is -0.219. The van der Waals surface area contributed by atoms with Crippen LogP contribution in [0.1, 0.15) is 25.6 Å². The number of H-pyrrole nitrogens is 1. The zero-order valence-corrected chi connectivity index (χ0v) is 10.6. The van der Waals surface area contributed by atoms with Gasteiger partial charge < -0.3 is 15.2 Å². The number of rotatable bonds is 4. The summed E-state index contributed by atoms with van der Waals surface area (Å²) < 4.78 is 0. The van der Waals surface area contributed by atoms with Crippen LogP contribution in [0.4, 0.5) is 5.82 Å². The fourth-order valence-corrected chi connectivity index (χ4v) is 1.16. The van der Waals surface area contributed by atoms with Gasteiger partial charge in [0.15, 0.2) is 0 Å². The molecule has 0 aliphatic carbocycles. The number of nitrogens with zero attached hydrogens (tertiary/aromatic N) is 2. The van der Waals surface area contributed by atoms with E-state index in [1.165, 1.54) is 11.0 Å². The summed E-state index contributed by atoms with van der Waals surface area (Å²) in [4.78, 5) is 31.1. The second kappa shape index (κ2) is 5.47. The number of likely N-dealkylation sites (N-methyl/N-ethyl adjacent to an activating group) is 1. The number of amides is 1. The van der Waals surface area contributed by atoms with E-state index in [0.29, 0.717) is 11.6 Å². The quantitative estimate of drug-likeness (QED) is 0.795. The van der Waals surface area contributed by atoms with E-state index < -0.39 is 0 Å². The molecule has 17 heavy (non-hydrogen) atoms. The van der Waals surface area contributed by atoms with Gasteiger partial charge in [-0.15, -0.1) is 0 Å². The molecule has 1 aromatic rings. The predicted molar refractivity (Wildman–Crippen MR) is 66.1 cm³/mol. The van der Waals surface area contributed by atoms with Crippen molar-refractivity contribution in [2.75, 3.05) is 26.0 Å². The molecule has 0 aromatic carbocycles. The highest BCUT2D eigenvalue weighted by Gasteiger charge is 2.07. The van der Waals surface area contributed by atoms with Crippen LogP contribution in [0.15, 0.2) is 10.9 Å². The molecular weight excluding hydrogens is 220 g/mol. The Labute approximate surface area is 100 Å². The second-order valence-electron chi connectivity index (χ2n) is 4.31. The molecule has 6 nitrogen and oxygen atoms in total. The van der Waals surface area contributed by atoms with Crippen molar-refractivity contribution in [3.05, 3.63) is 22.2 Å². The van der Waals surface area contributed by atoms with Crippen LogP contribution in [0.2, 0.25) is 0 Å². The fourth-order valence-electron chi connectivity index (χ4n) is 1.16. The number of aromatic amines is 1. The van der Waals surface area contributed by atoms with Crippen LogP contribution in [-0.2, 0) is 4.79 Å². The van der Waals surface area contributed by atoms with Crippen molar-refractivity contribution in [1.82, 2.24) is 14.9 Å². The minimum absolute atomic E-state index is 0.0711. The van der Waals surface area contributed by atoms with E-state index in [4.69, 9.17) is 0 Å². The van der Waals surface area contributed by atoms with Gasteiger partial charge in [-0.05, 0) is 0 Å². The van der Waals surface area contributed by atoms with Crippen molar-refractivity contribution < 1.29 is 4.79 Å². The number of aromatic nitrogens is 2. The molecule has 1 heterocycles. The molecule has 0 saturated carbocycles. The number of hydrogen-bond donors (Lipinski definition) is 2. The van der Waals surface area contributed by atoms with Crippen LogP contribution in [0.5, 0.6) is 0 Å². The molecular formula is C11H18N4O2. The van der Waals surface area contributed by atoms with Crippen LogP contribution < -0.4 is 10.9 Å². The fraction of sp³-hybridized carbons (Fsp3) is 0.545. The third-order valence-corrected chi connectivity index (χ3v) is 2.23. The van der Waals surface area contributed by atoms with Gasteiger partial charge in [-0.1, -0.05) is 13.8 Å². The monoisotopic (exact) mass is 238 g/mol. The largest absolute Gasteiger partial charge is 0.361 e. The van der Waals surface area contributed by atoms with E-state index in [-0.39, 0.29) is 23.9 Å². The van der Waals surface area contributed by atoms with E-state index in [1.807, 2.05) is 13.8 Å². The molecule has 94 valence electrons. The first kappa shape index (κ1) is 13.2. The van der Waals surface area contributed by atoms with E-state index in [0.717, 1.165) is 0 Å². The van der Waals surface area contributed by atoms with Crippen LogP contribution in [0.25, 0.3) is 0 Å². The molecule has 0 unspecified atom stereocenters. The van der Waals surface area contributed by atoms with Crippen molar-refractivity contribution in [3.63, 3.8) is 0 Å². The molecule has 1 rings (SSSR count). The molecule has 0 radical (unpaired) electrons. The molecule has 0 spiro atoms. The Morgan fingerprint density at radius 2 is 2.18 bits per heavy atom. The van der Waals surface area contributed by atoms with Gasteiger partial charge in [-0.2, -0.15) is 0 Å². The molecule has 0 bridgehead atoms. The zero-order valence-electron chi connectivity index (χ0n) is 10.6. The summed E-state index contributed by atoms with van der Waals surface area (Å²) in [6.07, 6.45) is 0. The van der Waals surface area contributed by atoms with Crippen molar-refractivity contribution in [2.24, 2.45) is 0 Å². The van der Waals surface area contributed by atoms with Crippen LogP contribution in [-0.4, -0.2) is 41.4 Å². The van der Waals surface area contributed by atoms with Crippen molar-refractivity contribution in [3.8, 4) is 0 Å². The maximum absolute atomic E-state index is 11.4. The summed E-state index contributed by atoms with van der Waals surface area (Å²) >= 11 is 0. The summed E-state index contributed by atoms with van der Waals surface area (Å²) in [5, 5.41) is 2.84. The Morgan fingerprint density at radius 3 is 2.71 bits per heavy atom. The van der Waals surface area contributed by atoms with E-state index in [9.17, 15) is 9.59 Å². The minimum atomic E-state index is -0.219. The normalized spacial score (nSPS) is 10.4. The van der Waals surface area contributed by atoms with Crippen molar-refractivity contribution in [1.29, 1.82) is 0 Å². The Balaban J connectivity index is 2.78. The molecule has 1 amide bonds. The van der Waals surface area contributed by atoms with E-state index in [2.05, 4.69) is 15.3 Å². The first-order valence-corrected chi connectivity index (χ1v) is 5.45. The first-order valence-electron chi connectivity index (χ1n) is 5.45. The van der Waals surface area contributed by atoms with Crippen molar-refractivity contribution >= 4 is 11.7 Å². The Bertz CT molecular complexity index is 451. The van der Waals surface area contributed by atoms with Crippen molar-refractivity contribution in [2.45, 2.75) is 19.8 Å².